The van der Waals surface area contributed by atoms with Gasteiger partial charge in [0.25, 0.3) is 0 Å². The van der Waals surface area contributed by atoms with Crippen LogP contribution in [-0.4, -0.2) is 31.3 Å². The molecule has 0 atom stereocenters. The molecule has 0 unspecified atom stereocenters. The molecule has 88 valence electrons. The lowest BCUT2D eigenvalue weighted by atomic mass is 10.2. The fraction of sp³-hybridized carbons (Fsp3) is 1.00. The van der Waals surface area contributed by atoms with Gasteiger partial charge in [0.05, 0.1) is 0 Å². The quantitative estimate of drug-likeness (QED) is 0.644. The zero-order valence-electron chi connectivity index (χ0n) is 11.1. The van der Waals surface area contributed by atoms with Gasteiger partial charge in [0.2, 0.25) is 0 Å². The number of rotatable bonds is 5. The molecule has 0 aromatic heterocycles. The first kappa shape index (κ1) is 13.6. The molecule has 1 nitrogen and oxygen atoms in total. The van der Waals surface area contributed by atoms with Gasteiger partial charge in [-0.2, -0.15) is 0 Å². The van der Waals surface area contributed by atoms with Gasteiger partial charge in [-0.1, -0.05) is 56.5 Å². The Morgan fingerprint density at radius 3 is 1.73 bits per heavy atom. The van der Waals surface area contributed by atoms with Gasteiger partial charge in [0, 0.05) is 0 Å². The van der Waals surface area contributed by atoms with Gasteiger partial charge in [0.15, 0.2) is 0 Å². The molecule has 0 aliphatic carbocycles. The second-order valence-corrected chi connectivity index (χ2v) is 8.99. The highest BCUT2D eigenvalue weighted by Crippen LogP contribution is 2.21. The standard InChI is InChI=1S/C5H10N.2C4H9.Al/c1-2-4-6-5-3-1;2*1-4(2)3;/h1-5H2;2*4H,1H2,2-3H3;/q-1;;;+1. The maximum Gasteiger partial charge on any atom is 0.373 e. The molecule has 0 aromatic rings. The van der Waals surface area contributed by atoms with Crippen LogP contribution in [-0.2, 0) is 0 Å². The van der Waals surface area contributed by atoms with E-state index < -0.39 is 14.4 Å². The Morgan fingerprint density at radius 2 is 1.33 bits per heavy atom. The molecule has 1 aliphatic rings. The van der Waals surface area contributed by atoms with Crippen LogP contribution >= 0.6 is 0 Å². The number of nitrogens with zero attached hydrogens (tertiary/aromatic N) is 1. The Labute approximate surface area is 101 Å². The summed E-state index contributed by atoms with van der Waals surface area (Å²) in [6.07, 6.45) is 4.39. The van der Waals surface area contributed by atoms with Crippen LogP contribution in [0.5, 0.6) is 0 Å². The molecule has 1 fully saturated rings. The molecule has 0 bridgehead atoms. The van der Waals surface area contributed by atoms with Crippen molar-refractivity contribution in [3.63, 3.8) is 0 Å². The molecule has 0 spiro atoms. The predicted octanol–water partition coefficient (Wildman–Crippen LogP) is 3.78. The summed E-state index contributed by atoms with van der Waals surface area (Å²) < 4.78 is 2.89. The molecule has 0 aromatic carbocycles. The summed E-state index contributed by atoms with van der Waals surface area (Å²) in [5.74, 6) is 1.81. The van der Waals surface area contributed by atoms with Crippen LogP contribution in [0.3, 0.4) is 0 Å². The third-order valence-corrected chi connectivity index (χ3v) is 7.92. The molecular formula is C13H28AlN. The molecular weight excluding hydrogens is 197 g/mol. The van der Waals surface area contributed by atoms with Crippen molar-refractivity contribution in [1.29, 1.82) is 0 Å². The third kappa shape index (κ3) is 5.39. The summed E-state index contributed by atoms with van der Waals surface area (Å²) in [5, 5.41) is 3.05. The lowest BCUT2D eigenvalue weighted by Gasteiger charge is -2.33. The Bertz CT molecular complexity index is 152. The topological polar surface area (TPSA) is 3.24 Å². The maximum atomic E-state index is 2.89. The van der Waals surface area contributed by atoms with Gasteiger partial charge in [0.1, 0.15) is 0 Å². The second kappa shape index (κ2) is 6.94. The van der Waals surface area contributed by atoms with Crippen molar-refractivity contribution in [3.05, 3.63) is 0 Å². The monoisotopic (exact) mass is 225 g/mol. The number of hydrogen-bond donors (Lipinski definition) is 0. The second-order valence-electron chi connectivity index (χ2n) is 6.01. The third-order valence-electron chi connectivity index (χ3n) is 3.39. The van der Waals surface area contributed by atoms with Gasteiger partial charge < -0.3 is 3.88 Å². The Morgan fingerprint density at radius 1 is 0.867 bits per heavy atom. The Kier molecular flexibility index (Phi) is 6.28. The van der Waals surface area contributed by atoms with Crippen LogP contribution in [0, 0.1) is 11.8 Å². The van der Waals surface area contributed by atoms with E-state index in [1.165, 1.54) is 42.9 Å². The Hall–Kier alpha value is 0.492. The van der Waals surface area contributed by atoms with Crippen molar-refractivity contribution in [2.75, 3.05) is 13.1 Å². The molecule has 1 rings (SSSR count). The smallest absolute Gasteiger partial charge is 0.373 e. The highest BCUT2D eigenvalue weighted by molar-refractivity contribution is 6.55. The normalized spacial score (nSPS) is 18.8. The van der Waals surface area contributed by atoms with Crippen molar-refractivity contribution in [2.24, 2.45) is 11.8 Å². The maximum absolute atomic E-state index is 2.89. The summed E-state index contributed by atoms with van der Waals surface area (Å²) >= 11 is -0.598. The fourth-order valence-corrected chi connectivity index (χ4v) is 6.83. The van der Waals surface area contributed by atoms with E-state index in [1.54, 1.807) is 0 Å². The van der Waals surface area contributed by atoms with E-state index in [9.17, 15) is 0 Å². The lowest BCUT2D eigenvalue weighted by molar-refractivity contribution is 0.344. The van der Waals surface area contributed by atoms with Crippen LogP contribution in [0.25, 0.3) is 0 Å². The average molecular weight is 225 g/mol. The van der Waals surface area contributed by atoms with Crippen LogP contribution in [0.1, 0.15) is 47.0 Å². The molecule has 1 aliphatic heterocycles. The van der Waals surface area contributed by atoms with Gasteiger partial charge in [-0.05, 0) is 25.9 Å². The fourth-order valence-electron chi connectivity index (χ4n) is 2.77. The molecule has 1 heterocycles. The minimum Gasteiger partial charge on any atom is -0.385 e. The summed E-state index contributed by atoms with van der Waals surface area (Å²) in [7, 11) is 0. The van der Waals surface area contributed by atoms with Crippen molar-refractivity contribution in [2.45, 2.75) is 57.5 Å². The van der Waals surface area contributed by atoms with E-state index in [2.05, 4.69) is 31.6 Å². The number of hydrogen-bond acceptors (Lipinski definition) is 1. The summed E-state index contributed by atoms with van der Waals surface area (Å²) in [6, 6.07) is 0. The van der Waals surface area contributed by atoms with Crippen molar-refractivity contribution < 1.29 is 0 Å². The zero-order valence-corrected chi connectivity index (χ0v) is 12.3. The van der Waals surface area contributed by atoms with Crippen molar-refractivity contribution in [3.8, 4) is 0 Å². The Balaban J connectivity index is 2.45. The first-order valence-electron chi connectivity index (χ1n) is 6.83. The summed E-state index contributed by atoms with van der Waals surface area (Å²) in [5.41, 5.74) is 0. The largest absolute Gasteiger partial charge is 0.385 e. The minimum atomic E-state index is -0.598. The van der Waals surface area contributed by atoms with Gasteiger partial charge in [-0.15, -0.1) is 0 Å². The summed E-state index contributed by atoms with van der Waals surface area (Å²) in [6.45, 7) is 12.4. The van der Waals surface area contributed by atoms with Crippen LogP contribution < -0.4 is 0 Å². The first-order valence-corrected chi connectivity index (χ1v) is 8.98. The minimum absolute atomic E-state index is 0.598. The van der Waals surface area contributed by atoms with E-state index in [0.717, 1.165) is 11.8 Å². The highest BCUT2D eigenvalue weighted by Gasteiger charge is 2.28. The van der Waals surface area contributed by atoms with E-state index >= 15 is 0 Å². The predicted molar refractivity (Wildman–Crippen MR) is 70.5 cm³/mol. The van der Waals surface area contributed by atoms with E-state index in [4.69, 9.17) is 0 Å². The molecule has 0 N–H and O–H groups in total. The van der Waals surface area contributed by atoms with Gasteiger partial charge in [-0.3, -0.25) is 0 Å². The molecule has 0 amide bonds. The lowest BCUT2D eigenvalue weighted by Crippen LogP contribution is -2.44. The van der Waals surface area contributed by atoms with Crippen LogP contribution in [0.2, 0.25) is 10.6 Å². The van der Waals surface area contributed by atoms with E-state index in [1.807, 2.05) is 0 Å². The van der Waals surface area contributed by atoms with Crippen LogP contribution in [0.15, 0.2) is 0 Å². The van der Waals surface area contributed by atoms with Gasteiger partial charge in [-0.25, -0.2) is 0 Å². The van der Waals surface area contributed by atoms with E-state index in [-0.39, 0.29) is 0 Å². The van der Waals surface area contributed by atoms with Crippen molar-refractivity contribution in [1.82, 2.24) is 3.88 Å². The first-order chi connectivity index (χ1) is 7.09. The SMILES string of the molecule is CC(C)[CH2][Al]([CH2]C(C)C)[N]1CCCCC1. The highest BCUT2D eigenvalue weighted by atomic mass is 27.2. The average Bonchev–Trinajstić information content (AvgIpc) is 2.17. The zero-order chi connectivity index (χ0) is 11.3. The summed E-state index contributed by atoms with van der Waals surface area (Å²) in [4.78, 5) is 0. The molecule has 1 saturated heterocycles. The number of piperidine rings is 1. The molecule has 0 saturated carbocycles. The molecule has 0 radical (unpaired) electrons. The molecule has 2 heteroatoms. The van der Waals surface area contributed by atoms with E-state index in [0.29, 0.717) is 0 Å². The van der Waals surface area contributed by atoms with Crippen LogP contribution in [0.4, 0.5) is 0 Å². The van der Waals surface area contributed by atoms with Gasteiger partial charge >= 0.3 is 14.4 Å². The molecule has 15 heavy (non-hydrogen) atoms. The van der Waals surface area contributed by atoms with Crippen molar-refractivity contribution >= 4 is 14.4 Å².